The third-order valence-corrected chi connectivity index (χ3v) is 1.90. The molecule has 1 rings (SSSR count). The van der Waals surface area contributed by atoms with E-state index in [0.29, 0.717) is 12.1 Å². The molecule has 0 spiro atoms. The topological polar surface area (TPSA) is 98.3 Å². The van der Waals surface area contributed by atoms with Crippen LogP contribution in [0.25, 0.3) is 0 Å². The molecule has 0 aromatic carbocycles. The quantitative estimate of drug-likeness (QED) is 0.576. The van der Waals surface area contributed by atoms with Crippen molar-refractivity contribution >= 4 is 11.7 Å². The zero-order chi connectivity index (χ0) is 11.4. The molecule has 0 aliphatic carbocycles. The summed E-state index contributed by atoms with van der Waals surface area (Å²) < 4.78 is 1.30. The number of nitro groups is 1. The second kappa shape index (κ2) is 4.54. The zero-order valence-corrected chi connectivity index (χ0v) is 8.21. The van der Waals surface area contributed by atoms with Crippen LogP contribution in [-0.2, 0) is 17.8 Å². The van der Waals surface area contributed by atoms with Gasteiger partial charge in [-0.05, 0) is 6.42 Å². The van der Waals surface area contributed by atoms with Gasteiger partial charge in [0.1, 0.15) is 11.9 Å². The summed E-state index contributed by atoms with van der Waals surface area (Å²) in [5.74, 6) is -0.953. The normalized spacial score (nSPS) is 10.2. The number of hydrogen-bond acceptors (Lipinski definition) is 4. The van der Waals surface area contributed by atoms with Gasteiger partial charge in [-0.15, -0.1) is 0 Å². The molecule has 0 bridgehead atoms. The van der Waals surface area contributed by atoms with Gasteiger partial charge in [-0.25, -0.2) is 0 Å². The summed E-state index contributed by atoms with van der Waals surface area (Å²) in [6, 6.07) is 0. The number of aliphatic carboxylic acids is 1. The van der Waals surface area contributed by atoms with Crippen molar-refractivity contribution in [3.63, 3.8) is 0 Å². The number of carboxylic acids is 1. The maximum absolute atomic E-state index is 10.6. The molecule has 15 heavy (non-hydrogen) atoms. The smallest absolute Gasteiger partial charge is 0.310 e. The molecule has 1 aromatic rings. The molecule has 82 valence electrons. The summed E-state index contributed by atoms with van der Waals surface area (Å²) in [7, 11) is 0. The summed E-state index contributed by atoms with van der Waals surface area (Å²) in [6.07, 6.45) is 1.63. The lowest BCUT2D eigenvalue weighted by Gasteiger charge is -1.95. The van der Waals surface area contributed by atoms with E-state index in [-0.39, 0.29) is 18.7 Å². The minimum atomic E-state index is -0.953. The summed E-state index contributed by atoms with van der Waals surface area (Å²) >= 11 is 0. The monoisotopic (exact) mass is 213 g/mol. The van der Waals surface area contributed by atoms with E-state index in [2.05, 4.69) is 5.10 Å². The first-order valence-electron chi connectivity index (χ1n) is 4.47. The predicted molar refractivity (Wildman–Crippen MR) is 50.5 cm³/mol. The molecule has 1 heterocycles. The number of nitrogens with zero attached hydrogens (tertiary/aromatic N) is 3. The molecular weight excluding hydrogens is 202 g/mol. The first-order chi connectivity index (χ1) is 7.04. The Morgan fingerprint density at radius 3 is 2.80 bits per heavy atom. The lowest BCUT2D eigenvalue weighted by atomic mass is 10.3. The standard InChI is InChI=1S/C8H11N3O4/c1-2-6-7(11(14)15)5-10(9-6)4-3-8(12)13/h5H,2-4H2,1H3,(H,12,13). The highest BCUT2D eigenvalue weighted by atomic mass is 16.6. The number of aromatic nitrogens is 2. The van der Waals surface area contributed by atoms with Crippen LogP contribution in [0.3, 0.4) is 0 Å². The number of hydrogen-bond donors (Lipinski definition) is 1. The van der Waals surface area contributed by atoms with Crippen LogP contribution in [0.15, 0.2) is 6.20 Å². The van der Waals surface area contributed by atoms with Gasteiger partial charge in [0.2, 0.25) is 0 Å². The number of rotatable bonds is 5. The molecule has 0 amide bonds. The first kappa shape index (κ1) is 11.2. The Bertz CT molecular complexity index is 385. The molecule has 0 saturated carbocycles. The molecule has 0 atom stereocenters. The third kappa shape index (κ3) is 2.76. The zero-order valence-electron chi connectivity index (χ0n) is 8.21. The van der Waals surface area contributed by atoms with Crippen molar-refractivity contribution in [3.05, 3.63) is 22.0 Å². The maximum Gasteiger partial charge on any atom is 0.310 e. The Balaban J connectivity index is 2.83. The van der Waals surface area contributed by atoms with Crippen molar-refractivity contribution in [2.24, 2.45) is 0 Å². The van der Waals surface area contributed by atoms with Gasteiger partial charge >= 0.3 is 11.7 Å². The second-order valence-electron chi connectivity index (χ2n) is 2.98. The van der Waals surface area contributed by atoms with E-state index in [1.807, 2.05) is 0 Å². The van der Waals surface area contributed by atoms with E-state index in [0.717, 1.165) is 0 Å². The van der Waals surface area contributed by atoms with Gasteiger partial charge in [0.05, 0.1) is 17.9 Å². The van der Waals surface area contributed by atoms with E-state index in [4.69, 9.17) is 5.11 Å². The average molecular weight is 213 g/mol. The fourth-order valence-corrected chi connectivity index (χ4v) is 1.18. The Labute approximate surface area is 85.5 Å². The Hall–Kier alpha value is -1.92. The van der Waals surface area contributed by atoms with Crippen molar-refractivity contribution in [1.29, 1.82) is 0 Å². The molecule has 1 aromatic heterocycles. The van der Waals surface area contributed by atoms with E-state index in [1.54, 1.807) is 6.92 Å². The average Bonchev–Trinajstić information content (AvgIpc) is 2.57. The van der Waals surface area contributed by atoms with E-state index in [9.17, 15) is 14.9 Å². The van der Waals surface area contributed by atoms with Crippen LogP contribution in [0.4, 0.5) is 5.69 Å². The lowest BCUT2D eigenvalue weighted by molar-refractivity contribution is -0.385. The molecule has 1 N–H and O–H groups in total. The predicted octanol–water partition coefficient (Wildman–Crippen LogP) is 0.828. The van der Waals surface area contributed by atoms with Gasteiger partial charge in [-0.3, -0.25) is 19.6 Å². The first-order valence-corrected chi connectivity index (χ1v) is 4.47. The van der Waals surface area contributed by atoms with Crippen molar-refractivity contribution in [2.75, 3.05) is 0 Å². The van der Waals surface area contributed by atoms with Gasteiger partial charge in [-0.2, -0.15) is 5.10 Å². The van der Waals surface area contributed by atoms with Gasteiger partial charge in [-0.1, -0.05) is 6.92 Å². The van der Waals surface area contributed by atoms with Crippen LogP contribution in [0.5, 0.6) is 0 Å². The van der Waals surface area contributed by atoms with Crippen molar-refractivity contribution in [3.8, 4) is 0 Å². The highest BCUT2D eigenvalue weighted by Crippen LogP contribution is 2.16. The van der Waals surface area contributed by atoms with E-state index < -0.39 is 10.9 Å². The SMILES string of the molecule is CCc1nn(CCC(=O)O)cc1[N+](=O)[O-]. The van der Waals surface area contributed by atoms with Crippen LogP contribution < -0.4 is 0 Å². The second-order valence-corrected chi connectivity index (χ2v) is 2.98. The van der Waals surface area contributed by atoms with Gasteiger partial charge in [0.25, 0.3) is 0 Å². The molecule has 0 saturated heterocycles. The summed E-state index contributed by atoms with van der Waals surface area (Å²) in [6.45, 7) is 1.91. The Kier molecular flexibility index (Phi) is 3.37. The highest BCUT2D eigenvalue weighted by molar-refractivity contribution is 5.66. The molecule has 0 aliphatic heterocycles. The van der Waals surface area contributed by atoms with Crippen LogP contribution in [-0.4, -0.2) is 25.8 Å². The van der Waals surface area contributed by atoms with Crippen molar-refractivity contribution in [2.45, 2.75) is 26.3 Å². The third-order valence-electron chi connectivity index (χ3n) is 1.90. The summed E-state index contributed by atoms with van der Waals surface area (Å²) in [4.78, 5) is 20.3. The maximum atomic E-state index is 10.6. The molecule has 7 heteroatoms. The molecule has 7 nitrogen and oxygen atoms in total. The number of carboxylic acid groups (broad SMARTS) is 1. The van der Waals surface area contributed by atoms with Crippen LogP contribution in [0.2, 0.25) is 0 Å². The fraction of sp³-hybridized carbons (Fsp3) is 0.500. The van der Waals surface area contributed by atoms with Crippen LogP contribution in [0.1, 0.15) is 19.0 Å². The fourth-order valence-electron chi connectivity index (χ4n) is 1.18. The van der Waals surface area contributed by atoms with Crippen LogP contribution >= 0.6 is 0 Å². The van der Waals surface area contributed by atoms with Crippen molar-refractivity contribution < 1.29 is 14.8 Å². The highest BCUT2D eigenvalue weighted by Gasteiger charge is 2.17. The van der Waals surface area contributed by atoms with Gasteiger partial charge in [0.15, 0.2) is 0 Å². The van der Waals surface area contributed by atoms with Gasteiger partial charge in [0, 0.05) is 0 Å². The molecule has 0 radical (unpaired) electrons. The lowest BCUT2D eigenvalue weighted by Crippen LogP contribution is -2.05. The largest absolute Gasteiger partial charge is 0.481 e. The van der Waals surface area contributed by atoms with Crippen molar-refractivity contribution in [1.82, 2.24) is 9.78 Å². The molecule has 0 unspecified atom stereocenters. The molecule has 0 fully saturated rings. The minimum Gasteiger partial charge on any atom is -0.481 e. The molecule has 0 aliphatic rings. The van der Waals surface area contributed by atoms with Crippen LogP contribution in [0, 0.1) is 10.1 Å². The number of carbonyl (C=O) groups is 1. The summed E-state index contributed by atoms with van der Waals surface area (Å²) in [5, 5.41) is 22.9. The molecular formula is C8H11N3O4. The van der Waals surface area contributed by atoms with Gasteiger partial charge < -0.3 is 5.11 Å². The van der Waals surface area contributed by atoms with E-state index >= 15 is 0 Å². The summed E-state index contributed by atoms with van der Waals surface area (Å²) in [5.41, 5.74) is 0.327. The number of aryl methyl sites for hydroxylation is 2. The van der Waals surface area contributed by atoms with E-state index in [1.165, 1.54) is 10.9 Å². The minimum absolute atomic E-state index is 0.0529. The Morgan fingerprint density at radius 2 is 2.40 bits per heavy atom. The Morgan fingerprint density at radius 1 is 1.73 bits per heavy atom.